The number of ether oxygens (including phenoxy) is 3. The SMILES string of the molecule is CN=C(NCC(C)(C)c1ccc(OC)c(OC)c1)N1CCC(NC(=O)OC(C)(C)C)C1.I. The maximum absolute atomic E-state index is 12.1. The van der Waals surface area contributed by atoms with E-state index in [0.29, 0.717) is 24.6 Å². The lowest BCUT2D eigenvalue weighted by Crippen LogP contribution is -2.46. The standard InChI is InChI=1S/C23H38N4O4.HI/c1-22(2,3)31-21(28)26-17-11-12-27(14-17)20(24-6)25-15-23(4,5)16-9-10-18(29-7)19(13-16)30-8;/h9-10,13,17H,11-12,14-15H2,1-8H3,(H,24,25)(H,26,28);1H. The largest absolute Gasteiger partial charge is 0.493 e. The number of carbonyl (C=O) groups excluding carboxylic acids is 1. The zero-order chi connectivity index (χ0) is 23.2. The van der Waals surface area contributed by atoms with E-state index in [9.17, 15) is 4.79 Å². The minimum atomic E-state index is -0.504. The summed E-state index contributed by atoms with van der Waals surface area (Å²) >= 11 is 0. The van der Waals surface area contributed by atoms with Crippen LogP contribution in [0.3, 0.4) is 0 Å². The second kappa shape index (κ2) is 11.8. The average Bonchev–Trinajstić information content (AvgIpc) is 3.14. The van der Waals surface area contributed by atoms with Gasteiger partial charge in [-0.2, -0.15) is 0 Å². The first-order chi connectivity index (χ1) is 14.5. The summed E-state index contributed by atoms with van der Waals surface area (Å²) in [6.07, 6.45) is 0.468. The van der Waals surface area contributed by atoms with Crippen molar-refractivity contribution in [1.82, 2.24) is 15.5 Å². The first kappa shape index (κ1) is 28.1. The number of methoxy groups -OCH3 is 2. The highest BCUT2D eigenvalue weighted by molar-refractivity contribution is 14.0. The number of rotatable bonds is 6. The highest BCUT2D eigenvalue weighted by atomic mass is 127. The number of alkyl carbamates (subject to hydrolysis) is 1. The third kappa shape index (κ3) is 7.90. The molecule has 1 unspecified atom stereocenters. The van der Waals surface area contributed by atoms with E-state index in [-0.39, 0.29) is 41.5 Å². The number of amides is 1. The summed E-state index contributed by atoms with van der Waals surface area (Å²) in [4.78, 5) is 18.7. The monoisotopic (exact) mass is 562 g/mol. The van der Waals surface area contributed by atoms with Crippen molar-refractivity contribution in [3.63, 3.8) is 0 Å². The summed E-state index contributed by atoms with van der Waals surface area (Å²) in [5.41, 5.74) is 0.470. The summed E-state index contributed by atoms with van der Waals surface area (Å²) in [7, 11) is 5.05. The quantitative estimate of drug-likeness (QED) is 0.312. The van der Waals surface area contributed by atoms with Gasteiger partial charge in [0.25, 0.3) is 0 Å². The summed E-state index contributed by atoms with van der Waals surface area (Å²) in [5, 5.41) is 6.44. The number of likely N-dealkylation sites (tertiary alicyclic amines) is 1. The van der Waals surface area contributed by atoms with Crippen molar-refractivity contribution in [2.75, 3.05) is 40.9 Å². The highest BCUT2D eigenvalue weighted by Crippen LogP contribution is 2.33. The minimum Gasteiger partial charge on any atom is -0.493 e. The maximum atomic E-state index is 12.1. The smallest absolute Gasteiger partial charge is 0.407 e. The number of benzene rings is 1. The number of hydrogen-bond donors (Lipinski definition) is 2. The molecule has 2 N–H and O–H groups in total. The number of guanidine groups is 1. The Labute approximate surface area is 209 Å². The van der Waals surface area contributed by atoms with Crippen molar-refractivity contribution in [2.24, 2.45) is 4.99 Å². The van der Waals surface area contributed by atoms with Crippen molar-refractivity contribution < 1.29 is 19.0 Å². The Balaban J connectivity index is 0.00000512. The molecule has 0 spiro atoms. The van der Waals surface area contributed by atoms with E-state index in [1.165, 1.54) is 0 Å². The first-order valence-corrected chi connectivity index (χ1v) is 10.7. The van der Waals surface area contributed by atoms with Crippen LogP contribution in [0, 0.1) is 0 Å². The molecule has 32 heavy (non-hydrogen) atoms. The predicted molar refractivity (Wildman–Crippen MR) is 139 cm³/mol. The van der Waals surface area contributed by atoms with Crippen LogP contribution in [0.15, 0.2) is 23.2 Å². The van der Waals surface area contributed by atoms with E-state index >= 15 is 0 Å². The van der Waals surface area contributed by atoms with Crippen LogP contribution in [0.2, 0.25) is 0 Å². The minimum absolute atomic E-state index is 0. The van der Waals surface area contributed by atoms with Gasteiger partial charge in [-0.1, -0.05) is 19.9 Å². The van der Waals surface area contributed by atoms with E-state index in [1.54, 1.807) is 21.3 Å². The Kier molecular flexibility index (Phi) is 10.4. The molecule has 9 heteroatoms. The molecular weight excluding hydrogens is 523 g/mol. The molecule has 1 aromatic carbocycles. The van der Waals surface area contributed by atoms with Gasteiger partial charge in [0, 0.05) is 32.1 Å². The van der Waals surface area contributed by atoms with Crippen molar-refractivity contribution in [1.29, 1.82) is 0 Å². The van der Waals surface area contributed by atoms with Crippen LogP contribution in [0.1, 0.15) is 46.6 Å². The zero-order valence-corrected chi connectivity index (χ0v) is 22.9. The van der Waals surface area contributed by atoms with Crippen molar-refractivity contribution in [2.45, 2.75) is 58.1 Å². The van der Waals surface area contributed by atoms with Gasteiger partial charge in [0.15, 0.2) is 17.5 Å². The van der Waals surface area contributed by atoms with Crippen LogP contribution in [-0.2, 0) is 10.2 Å². The summed E-state index contributed by atoms with van der Waals surface area (Å²) in [5.74, 6) is 2.25. The molecule has 1 aromatic rings. The third-order valence-corrected chi connectivity index (χ3v) is 5.27. The maximum Gasteiger partial charge on any atom is 0.407 e. The first-order valence-electron chi connectivity index (χ1n) is 10.7. The topological polar surface area (TPSA) is 84.4 Å². The Bertz CT molecular complexity index is 793. The molecule has 182 valence electrons. The van der Waals surface area contributed by atoms with Gasteiger partial charge in [-0.15, -0.1) is 24.0 Å². The van der Waals surface area contributed by atoms with E-state index in [0.717, 1.165) is 24.5 Å². The lowest BCUT2D eigenvalue weighted by molar-refractivity contribution is 0.0507. The Morgan fingerprint density at radius 2 is 1.81 bits per heavy atom. The van der Waals surface area contributed by atoms with Gasteiger partial charge in [-0.05, 0) is 44.9 Å². The van der Waals surface area contributed by atoms with Crippen LogP contribution in [0.5, 0.6) is 11.5 Å². The Hall–Kier alpha value is -1.91. The van der Waals surface area contributed by atoms with Crippen LogP contribution in [0.4, 0.5) is 4.79 Å². The van der Waals surface area contributed by atoms with Crippen molar-refractivity contribution in [3.05, 3.63) is 23.8 Å². The molecule has 1 amide bonds. The lowest BCUT2D eigenvalue weighted by atomic mass is 9.84. The molecule has 0 aliphatic carbocycles. The molecule has 1 fully saturated rings. The molecule has 1 aliphatic heterocycles. The van der Waals surface area contributed by atoms with Gasteiger partial charge in [-0.25, -0.2) is 4.79 Å². The van der Waals surface area contributed by atoms with Crippen LogP contribution in [0.25, 0.3) is 0 Å². The average molecular weight is 562 g/mol. The molecule has 0 saturated carbocycles. The number of aliphatic imine (C=N–C) groups is 1. The Morgan fingerprint density at radius 1 is 1.16 bits per heavy atom. The molecule has 1 heterocycles. The summed E-state index contributed by atoms with van der Waals surface area (Å²) in [6, 6.07) is 6.03. The van der Waals surface area contributed by atoms with Gasteiger partial charge < -0.3 is 29.7 Å². The van der Waals surface area contributed by atoms with Gasteiger partial charge in [0.05, 0.1) is 20.3 Å². The molecule has 0 aromatic heterocycles. The fourth-order valence-electron chi connectivity index (χ4n) is 3.54. The fourth-order valence-corrected chi connectivity index (χ4v) is 3.54. The van der Waals surface area contributed by atoms with E-state index in [2.05, 4.69) is 40.4 Å². The number of nitrogens with zero attached hydrogens (tertiary/aromatic N) is 2. The van der Waals surface area contributed by atoms with E-state index in [4.69, 9.17) is 14.2 Å². The predicted octanol–water partition coefficient (Wildman–Crippen LogP) is 3.77. The summed E-state index contributed by atoms with van der Waals surface area (Å²) < 4.78 is 16.2. The number of hydrogen-bond acceptors (Lipinski definition) is 5. The molecule has 0 radical (unpaired) electrons. The van der Waals surface area contributed by atoms with Crippen LogP contribution < -0.4 is 20.1 Å². The van der Waals surface area contributed by atoms with Gasteiger partial charge >= 0.3 is 6.09 Å². The lowest BCUT2D eigenvalue weighted by Gasteiger charge is -2.30. The molecule has 1 aliphatic rings. The van der Waals surface area contributed by atoms with Crippen molar-refractivity contribution >= 4 is 36.0 Å². The van der Waals surface area contributed by atoms with Gasteiger partial charge in [0.1, 0.15) is 5.60 Å². The van der Waals surface area contributed by atoms with Crippen LogP contribution >= 0.6 is 24.0 Å². The number of nitrogens with one attached hydrogen (secondary N) is 2. The molecule has 2 rings (SSSR count). The third-order valence-electron chi connectivity index (χ3n) is 5.27. The summed E-state index contributed by atoms with van der Waals surface area (Å²) in [6.45, 7) is 12.1. The molecular formula is C23H39IN4O4. The fraction of sp³-hybridized carbons (Fsp3) is 0.652. The molecule has 8 nitrogen and oxygen atoms in total. The van der Waals surface area contributed by atoms with Crippen molar-refractivity contribution in [3.8, 4) is 11.5 Å². The number of carbonyl (C=O) groups is 1. The second-order valence-corrected chi connectivity index (χ2v) is 9.43. The zero-order valence-electron chi connectivity index (χ0n) is 20.6. The van der Waals surface area contributed by atoms with E-state index < -0.39 is 5.60 Å². The van der Waals surface area contributed by atoms with Gasteiger partial charge in [-0.3, -0.25) is 4.99 Å². The highest BCUT2D eigenvalue weighted by Gasteiger charge is 2.29. The van der Waals surface area contributed by atoms with Crippen LogP contribution in [-0.4, -0.2) is 69.5 Å². The van der Waals surface area contributed by atoms with Gasteiger partial charge in [0.2, 0.25) is 0 Å². The molecule has 0 bridgehead atoms. The second-order valence-electron chi connectivity index (χ2n) is 9.43. The number of halogens is 1. The Morgan fingerprint density at radius 3 is 2.38 bits per heavy atom. The molecule has 1 atom stereocenters. The van der Waals surface area contributed by atoms with E-state index in [1.807, 2.05) is 32.9 Å². The normalized spacial score (nSPS) is 16.8. The molecule has 1 saturated heterocycles.